The second-order valence-corrected chi connectivity index (χ2v) is 3.81. The van der Waals surface area contributed by atoms with E-state index >= 15 is 0 Å². The van der Waals surface area contributed by atoms with Crippen LogP contribution in [0.1, 0.15) is 27.2 Å². The molecule has 0 aromatic carbocycles. The molecule has 0 aliphatic rings. The summed E-state index contributed by atoms with van der Waals surface area (Å²) in [5.41, 5.74) is 0.0477. The zero-order chi connectivity index (χ0) is 8.20. The van der Waals surface area contributed by atoms with Crippen LogP contribution in [0.25, 0.3) is 0 Å². The van der Waals surface area contributed by atoms with E-state index in [1.165, 1.54) is 0 Å². The third-order valence-corrected chi connectivity index (χ3v) is 1.89. The van der Waals surface area contributed by atoms with E-state index in [1.54, 1.807) is 0 Å². The molecule has 4 heteroatoms. The van der Waals surface area contributed by atoms with E-state index in [4.69, 9.17) is 9.79 Å². The van der Waals surface area contributed by atoms with Crippen LogP contribution in [0, 0.1) is 5.41 Å². The van der Waals surface area contributed by atoms with E-state index in [0.717, 1.165) is 6.42 Å². The first kappa shape index (κ1) is 10.3. The van der Waals surface area contributed by atoms with E-state index in [-0.39, 0.29) is 5.41 Å². The highest BCUT2D eigenvalue weighted by molar-refractivity contribution is 7.39. The molecule has 10 heavy (non-hydrogen) atoms. The first-order valence-electron chi connectivity index (χ1n) is 3.29. The van der Waals surface area contributed by atoms with Crippen molar-refractivity contribution in [3.63, 3.8) is 0 Å². The second-order valence-electron chi connectivity index (χ2n) is 3.04. The lowest BCUT2D eigenvalue weighted by molar-refractivity contribution is 0.154. The third kappa shape index (κ3) is 5.12. The van der Waals surface area contributed by atoms with Gasteiger partial charge >= 0.3 is 8.60 Å². The zero-order valence-corrected chi connectivity index (χ0v) is 7.56. The fourth-order valence-electron chi connectivity index (χ4n) is 0.335. The van der Waals surface area contributed by atoms with Crippen LogP contribution in [0.15, 0.2) is 0 Å². The fourth-order valence-corrected chi connectivity index (χ4v) is 0.799. The molecule has 0 aliphatic heterocycles. The van der Waals surface area contributed by atoms with Crippen LogP contribution in [0.3, 0.4) is 0 Å². The molecule has 0 saturated heterocycles. The van der Waals surface area contributed by atoms with Crippen LogP contribution in [-0.2, 0) is 4.52 Å². The molecule has 62 valence electrons. The van der Waals surface area contributed by atoms with E-state index in [1.807, 2.05) is 20.8 Å². The second kappa shape index (κ2) is 4.24. The van der Waals surface area contributed by atoms with E-state index < -0.39 is 8.60 Å². The molecular formula is C6H15O3P. The molecule has 0 aliphatic carbocycles. The van der Waals surface area contributed by atoms with Gasteiger partial charge in [-0.25, -0.2) is 0 Å². The smallest absolute Gasteiger partial charge is 0.327 e. The molecule has 0 amide bonds. The first-order chi connectivity index (χ1) is 4.48. The highest BCUT2D eigenvalue weighted by Crippen LogP contribution is 2.30. The summed E-state index contributed by atoms with van der Waals surface area (Å²) in [5.74, 6) is 0. The van der Waals surface area contributed by atoms with Crippen LogP contribution in [0.4, 0.5) is 0 Å². The molecule has 0 atom stereocenters. The molecule has 3 nitrogen and oxygen atoms in total. The van der Waals surface area contributed by atoms with Gasteiger partial charge < -0.3 is 14.3 Å². The van der Waals surface area contributed by atoms with Crippen molar-refractivity contribution < 1.29 is 14.3 Å². The van der Waals surface area contributed by atoms with Crippen LogP contribution in [0.5, 0.6) is 0 Å². The Bertz CT molecular complexity index is 93.0. The summed E-state index contributed by atoms with van der Waals surface area (Å²) in [7, 11) is -2.17. The van der Waals surface area contributed by atoms with Gasteiger partial charge in [-0.2, -0.15) is 0 Å². The van der Waals surface area contributed by atoms with Crippen molar-refractivity contribution in [2.24, 2.45) is 5.41 Å². The lowest BCUT2D eigenvalue weighted by Gasteiger charge is -2.21. The molecule has 0 rings (SSSR count). The summed E-state index contributed by atoms with van der Waals surface area (Å²) < 4.78 is 4.67. The van der Waals surface area contributed by atoms with Gasteiger partial charge in [0.2, 0.25) is 0 Å². The summed E-state index contributed by atoms with van der Waals surface area (Å²) in [5, 5.41) is 0. The Kier molecular flexibility index (Phi) is 4.37. The molecule has 0 fully saturated rings. The number of hydrogen-bond donors (Lipinski definition) is 2. The summed E-state index contributed by atoms with van der Waals surface area (Å²) in [4.78, 5) is 16.8. The zero-order valence-electron chi connectivity index (χ0n) is 6.66. The van der Waals surface area contributed by atoms with Gasteiger partial charge in [-0.05, 0) is 11.8 Å². The molecule has 0 aromatic heterocycles. The van der Waals surface area contributed by atoms with Crippen LogP contribution < -0.4 is 0 Å². The topological polar surface area (TPSA) is 49.7 Å². The van der Waals surface area contributed by atoms with Gasteiger partial charge in [0.25, 0.3) is 0 Å². The van der Waals surface area contributed by atoms with Crippen LogP contribution in [-0.4, -0.2) is 16.4 Å². The largest absolute Gasteiger partial charge is 0.328 e. The van der Waals surface area contributed by atoms with Crippen molar-refractivity contribution in [2.75, 3.05) is 6.61 Å². The predicted molar refractivity (Wildman–Crippen MR) is 41.4 cm³/mol. The van der Waals surface area contributed by atoms with Crippen molar-refractivity contribution >= 4 is 8.60 Å². The van der Waals surface area contributed by atoms with Crippen molar-refractivity contribution in [3.05, 3.63) is 0 Å². The van der Waals surface area contributed by atoms with Crippen molar-refractivity contribution in [3.8, 4) is 0 Å². The summed E-state index contributed by atoms with van der Waals surface area (Å²) in [6.07, 6.45) is 0.968. The molecule has 0 heterocycles. The van der Waals surface area contributed by atoms with Crippen molar-refractivity contribution in [1.82, 2.24) is 0 Å². The van der Waals surface area contributed by atoms with Gasteiger partial charge in [-0.15, -0.1) is 0 Å². The summed E-state index contributed by atoms with van der Waals surface area (Å²) >= 11 is 0. The fraction of sp³-hybridized carbons (Fsp3) is 1.00. The lowest BCUT2D eigenvalue weighted by Crippen LogP contribution is -2.16. The van der Waals surface area contributed by atoms with Gasteiger partial charge in [-0.3, -0.25) is 0 Å². The highest BCUT2D eigenvalue weighted by Gasteiger charge is 2.16. The normalized spacial score (nSPS) is 12.6. The van der Waals surface area contributed by atoms with E-state index in [2.05, 4.69) is 4.52 Å². The van der Waals surface area contributed by atoms with Gasteiger partial charge in [0.1, 0.15) is 0 Å². The minimum absolute atomic E-state index is 0.0477. The van der Waals surface area contributed by atoms with Gasteiger partial charge in [0, 0.05) is 0 Å². The SMILES string of the molecule is CCC(C)(C)COP(O)O. The first-order valence-corrected chi connectivity index (χ1v) is 4.45. The maximum absolute atomic E-state index is 8.41. The Hall–Kier alpha value is 0.310. The average molecular weight is 166 g/mol. The van der Waals surface area contributed by atoms with Gasteiger partial charge in [0.15, 0.2) is 0 Å². The molecule has 2 N–H and O–H groups in total. The maximum atomic E-state index is 8.41. The predicted octanol–water partition coefficient (Wildman–Crippen LogP) is 1.65. The molecule has 0 spiro atoms. The Morgan fingerprint density at radius 2 is 1.90 bits per heavy atom. The highest BCUT2D eigenvalue weighted by atomic mass is 31.2. The summed E-state index contributed by atoms with van der Waals surface area (Å²) in [6.45, 7) is 6.49. The average Bonchev–Trinajstić information content (AvgIpc) is 1.85. The molecule has 0 bridgehead atoms. The maximum Gasteiger partial charge on any atom is 0.327 e. The Labute approximate surface area is 63.0 Å². The minimum Gasteiger partial charge on any atom is -0.328 e. The quantitative estimate of drug-likeness (QED) is 0.624. The van der Waals surface area contributed by atoms with Gasteiger partial charge in [0.05, 0.1) is 6.61 Å². The number of rotatable bonds is 4. The van der Waals surface area contributed by atoms with Gasteiger partial charge in [-0.1, -0.05) is 20.8 Å². The molecule has 0 saturated carbocycles. The molecule has 0 radical (unpaired) electrons. The summed E-state index contributed by atoms with van der Waals surface area (Å²) in [6, 6.07) is 0. The lowest BCUT2D eigenvalue weighted by atomic mass is 9.92. The Morgan fingerprint density at radius 3 is 2.20 bits per heavy atom. The van der Waals surface area contributed by atoms with Crippen molar-refractivity contribution in [1.29, 1.82) is 0 Å². The third-order valence-electron chi connectivity index (χ3n) is 1.53. The monoisotopic (exact) mass is 166 g/mol. The molecule has 0 aromatic rings. The Morgan fingerprint density at radius 1 is 1.40 bits per heavy atom. The van der Waals surface area contributed by atoms with Crippen LogP contribution in [0.2, 0.25) is 0 Å². The standard InChI is InChI=1S/C6H15O3P/c1-4-6(2,3)5-9-10(7)8/h7-8H,4-5H2,1-3H3. The van der Waals surface area contributed by atoms with Crippen molar-refractivity contribution in [2.45, 2.75) is 27.2 Å². The number of hydrogen-bond acceptors (Lipinski definition) is 3. The van der Waals surface area contributed by atoms with E-state index in [0.29, 0.717) is 6.61 Å². The van der Waals surface area contributed by atoms with Crippen LogP contribution >= 0.6 is 8.60 Å². The minimum atomic E-state index is -2.17. The molecule has 0 unspecified atom stereocenters. The Balaban J connectivity index is 3.46. The van der Waals surface area contributed by atoms with E-state index in [9.17, 15) is 0 Å². The molecular weight excluding hydrogens is 151 g/mol.